The van der Waals surface area contributed by atoms with Gasteiger partial charge in [-0.05, 0) is 12.1 Å². The van der Waals surface area contributed by atoms with Gasteiger partial charge in [-0.15, -0.1) is 0 Å². The number of carbonyl (C=O) groups excluding carboxylic acids is 1. The number of nitrogens with zero attached hydrogens (tertiary/aromatic N) is 3. The van der Waals surface area contributed by atoms with Crippen molar-refractivity contribution >= 4 is 38.1 Å². The molecule has 0 radical (unpaired) electrons. The molecular formula is C18H21FN4O5S2. The van der Waals surface area contributed by atoms with Crippen LogP contribution in [0.15, 0.2) is 40.5 Å². The average Bonchev–Trinajstić information content (AvgIpc) is 3.39. The molecule has 1 aromatic heterocycles. The Balaban J connectivity index is 1.87. The number of oxime groups is 1. The highest BCUT2D eigenvalue weighted by Gasteiger charge is 2.23. The van der Waals surface area contributed by atoms with Gasteiger partial charge in [0.2, 0.25) is 10.0 Å². The highest BCUT2D eigenvalue weighted by molar-refractivity contribution is 7.89. The fourth-order valence-corrected chi connectivity index (χ4v) is 4.27. The molecule has 1 atom stereocenters. The molecule has 1 aromatic carbocycles. The highest BCUT2D eigenvalue weighted by atomic mass is 32.2. The van der Waals surface area contributed by atoms with Crippen LogP contribution in [0, 0.1) is 5.13 Å². The minimum atomic E-state index is -3.63. The molecule has 1 aliphatic heterocycles. The Bertz CT molecular complexity index is 1020. The normalized spacial score (nSPS) is 17.3. The van der Waals surface area contributed by atoms with Gasteiger partial charge in [0.1, 0.15) is 0 Å². The Morgan fingerprint density at radius 3 is 2.73 bits per heavy atom. The highest BCUT2D eigenvalue weighted by Crippen LogP contribution is 2.19. The summed E-state index contributed by atoms with van der Waals surface area (Å²) in [6.45, 7) is 2.95. The third kappa shape index (κ3) is 5.19. The molecular weight excluding hydrogens is 435 g/mol. The lowest BCUT2D eigenvalue weighted by Crippen LogP contribution is -2.27. The number of hydrogen-bond donors (Lipinski definition) is 1. The molecule has 3 rings (SSSR count). The zero-order valence-electron chi connectivity index (χ0n) is 16.4. The van der Waals surface area contributed by atoms with E-state index in [9.17, 15) is 17.6 Å². The molecule has 1 amide bonds. The van der Waals surface area contributed by atoms with E-state index >= 15 is 0 Å². The Morgan fingerprint density at radius 1 is 1.43 bits per heavy atom. The molecule has 162 valence electrons. The molecule has 12 heteroatoms. The minimum Gasteiger partial charge on any atom is -0.389 e. The molecule has 0 spiro atoms. The van der Waals surface area contributed by atoms with Gasteiger partial charge in [-0.25, -0.2) is 17.7 Å². The van der Waals surface area contributed by atoms with E-state index < -0.39 is 21.1 Å². The molecule has 0 saturated carbocycles. The maximum atomic E-state index is 13.2. The number of hydrogen-bond acceptors (Lipinski definition) is 8. The molecule has 1 aliphatic rings. The number of aromatic nitrogens is 1. The number of anilines is 1. The van der Waals surface area contributed by atoms with Crippen LogP contribution in [-0.4, -0.2) is 62.2 Å². The smallest absolute Gasteiger partial charge is 0.280 e. The number of amides is 1. The molecule has 30 heavy (non-hydrogen) atoms. The van der Waals surface area contributed by atoms with E-state index in [-0.39, 0.29) is 21.8 Å². The fourth-order valence-electron chi connectivity index (χ4n) is 2.55. The monoisotopic (exact) mass is 456 g/mol. The van der Waals surface area contributed by atoms with Crippen molar-refractivity contribution in [2.45, 2.75) is 24.3 Å². The summed E-state index contributed by atoms with van der Waals surface area (Å²) in [7, 11) is -2.15. The summed E-state index contributed by atoms with van der Waals surface area (Å²) in [5, 5.41) is 5.96. The van der Waals surface area contributed by atoms with Gasteiger partial charge in [0.05, 0.1) is 24.3 Å². The summed E-state index contributed by atoms with van der Waals surface area (Å²) in [5.74, 6) is -0.662. The Hall–Kier alpha value is -2.41. The standard InChI is InChI=1S/C18H21FN4O5S2/c1-3-23(2)30(25,26)14-6-4-12(5-7-14)16(22-28-13-8-9-27-11-13)17(24)21-18-20-10-15(19)29-18/h4-7,10,13H,3,8-9,11H2,1-2H3,(H,20,21,24)/b22-16+/t13-/m1/s1. The Kier molecular flexibility index (Phi) is 7.13. The zero-order chi connectivity index (χ0) is 21.7. The number of halogens is 1. The van der Waals surface area contributed by atoms with Crippen LogP contribution < -0.4 is 5.32 Å². The maximum absolute atomic E-state index is 13.2. The van der Waals surface area contributed by atoms with E-state index in [1.165, 1.54) is 35.6 Å². The molecule has 0 bridgehead atoms. The van der Waals surface area contributed by atoms with Crippen molar-refractivity contribution in [3.63, 3.8) is 0 Å². The summed E-state index contributed by atoms with van der Waals surface area (Å²) in [6.07, 6.45) is 1.34. The lowest BCUT2D eigenvalue weighted by molar-refractivity contribution is -0.110. The van der Waals surface area contributed by atoms with Crippen LogP contribution in [-0.2, 0) is 24.4 Å². The number of nitrogens with one attached hydrogen (secondary N) is 1. The van der Waals surface area contributed by atoms with E-state index in [0.717, 1.165) is 6.20 Å². The zero-order valence-corrected chi connectivity index (χ0v) is 18.0. The fraction of sp³-hybridized carbons (Fsp3) is 0.389. The predicted molar refractivity (Wildman–Crippen MR) is 109 cm³/mol. The van der Waals surface area contributed by atoms with E-state index in [1.807, 2.05) is 0 Å². The van der Waals surface area contributed by atoms with Crippen LogP contribution in [0.4, 0.5) is 9.52 Å². The first-order chi connectivity index (χ1) is 14.3. The summed E-state index contributed by atoms with van der Waals surface area (Å²) in [5.41, 5.74) is 0.242. The second-order valence-corrected chi connectivity index (χ2v) is 9.42. The molecule has 9 nitrogen and oxygen atoms in total. The van der Waals surface area contributed by atoms with Gasteiger partial charge in [0.15, 0.2) is 22.1 Å². The number of rotatable bonds is 8. The van der Waals surface area contributed by atoms with Gasteiger partial charge >= 0.3 is 0 Å². The van der Waals surface area contributed by atoms with E-state index in [2.05, 4.69) is 15.5 Å². The molecule has 2 aromatic rings. The summed E-state index contributed by atoms with van der Waals surface area (Å²) < 4.78 is 44.5. The van der Waals surface area contributed by atoms with Crippen LogP contribution in [0.5, 0.6) is 0 Å². The molecule has 0 unspecified atom stereocenters. The van der Waals surface area contributed by atoms with Crippen LogP contribution >= 0.6 is 11.3 Å². The van der Waals surface area contributed by atoms with Crippen molar-refractivity contribution in [1.29, 1.82) is 0 Å². The third-order valence-corrected chi connectivity index (χ3v) is 7.02. The molecule has 1 fully saturated rings. The van der Waals surface area contributed by atoms with Gasteiger partial charge in [0, 0.05) is 25.6 Å². The predicted octanol–water partition coefficient (Wildman–Crippen LogP) is 2.07. The van der Waals surface area contributed by atoms with Crippen molar-refractivity contribution in [2.75, 3.05) is 32.1 Å². The third-order valence-electron chi connectivity index (χ3n) is 4.38. The SMILES string of the molecule is CCN(C)S(=O)(=O)c1ccc(/C(=N\O[C@@H]2CCOC2)C(=O)Nc2ncc(F)s2)cc1. The van der Waals surface area contributed by atoms with Gasteiger partial charge < -0.3 is 9.57 Å². The van der Waals surface area contributed by atoms with Crippen LogP contribution in [0.3, 0.4) is 0 Å². The van der Waals surface area contributed by atoms with Crippen LogP contribution in [0.2, 0.25) is 0 Å². The van der Waals surface area contributed by atoms with E-state index in [4.69, 9.17) is 9.57 Å². The number of benzene rings is 1. The van der Waals surface area contributed by atoms with Crippen LogP contribution in [0.25, 0.3) is 0 Å². The molecule has 1 saturated heterocycles. The quantitative estimate of drug-likeness (QED) is 0.481. The number of thiazole rings is 1. The van der Waals surface area contributed by atoms with Crippen molar-refractivity contribution in [1.82, 2.24) is 9.29 Å². The van der Waals surface area contributed by atoms with Gasteiger partial charge in [0.25, 0.3) is 5.91 Å². The largest absolute Gasteiger partial charge is 0.389 e. The molecule has 1 N–H and O–H groups in total. The van der Waals surface area contributed by atoms with Crippen LogP contribution in [0.1, 0.15) is 18.9 Å². The topological polar surface area (TPSA) is 110 Å². The average molecular weight is 457 g/mol. The van der Waals surface area contributed by atoms with Gasteiger partial charge in [-0.2, -0.15) is 4.39 Å². The summed E-state index contributed by atoms with van der Waals surface area (Å²) >= 11 is 0.673. The first kappa shape index (κ1) is 22.3. The van der Waals surface area contributed by atoms with E-state index in [0.29, 0.717) is 43.1 Å². The maximum Gasteiger partial charge on any atom is 0.280 e. The summed E-state index contributed by atoms with van der Waals surface area (Å²) in [4.78, 5) is 22.0. The van der Waals surface area contributed by atoms with Gasteiger partial charge in [-0.3, -0.25) is 10.1 Å². The molecule has 2 heterocycles. The van der Waals surface area contributed by atoms with Gasteiger partial charge in [-0.1, -0.05) is 35.5 Å². The van der Waals surface area contributed by atoms with Crippen molar-refractivity contribution in [2.24, 2.45) is 5.16 Å². The minimum absolute atomic E-state index is 0.0677. The Labute approximate surface area is 177 Å². The first-order valence-electron chi connectivity index (χ1n) is 9.12. The number of ether oxygens (including phenoxy) is 1. The van der Waals surface area contributed by atoms with Crippen molar-refractivity contribution in [3.8, 4) is 0 Å². The van der Waals surface area contributed by atoms with Crippen molar-refractivity contribution in [3.05, 3.63) is 41.2 Å². The molecule has 0 aliphatic carbocycles. The number of sulfonamides is 1. The lowest BCUT2D eigenvalue weighted by atomic mass is 10.1. The number of carbonyl (C=O) groups is 1. The van der Waals surface area contributed by atoms with Crippen molar-refractivity contribution < 1.29 is 27.2 Å². The first-order valence-corrected chi connectivity index (χ1v) is 11.4. The lowest BCUT2D eigenvalue weighted by Gasteiger charge is -2.15. The second-order valence-electron chi connectivity index (χ2n) is 6.40. The van der Waals surface area contributed by atoms with E-state index in [1.54, 1.807) is 6.92 Å². The summed E-state index contributed by atoms with van der Waals surface area (Å²) in [6, 6.07) is 5.71. The second kappa shape index (κ2) is 9.60. The Morgan fingerprint density at radius 2 is 2.17 bits per heavy atom.